The molecule has 0 bridgehead atoms. The van der Waals surface area contributed by atoms with Crippen molar-refractivity contribution < 1.29 is 8.42 Å². The fourth-order valence-electron chi connectivity index (χ4n) is 2.20. The molecule has 0 fully saturated rings. The smallest absolute Gasteiger partial charge is 0.209 e. The lowest BCUT2D eigenvalue weighted by Crippen LogP contribution is -2.31. The molecule has 0 spiro atoms. The molecule has 1 N–H and O–H groups in total. The van der Waals surface area contributed by atoms with E-state index in [1.54, 1.807) is 12.1 Å². The van der Waals surface area contributed by atoms with Gasteiger partial charge in [0.15, 0.2) is 0 Å². The van der Waals surface area contributed by atoms with Crippen molar-refractivity contribution in [2.24, 2.45) is 0 Å². The summed E-state index contributed by atoms with van der Waals surface area (Å²) in [5, 5.41) is 0. The van der Waals surface area contributed by atoms with Gasteiger partial charge < -0.3 is 0 Å². The van der Waals surface area contributed by atoms with Crippen LogP contribution < -0.4 is 4.72 Å². The molecule has 0 aliphatic carbocycles. The number of alkyl halides is 1. The number of halogens is 1. The third kappa shape index (κ3) is 4.29. The van der Waals surface area contributed by atoms with Crippen molar-refractivity contribution in [3.8, 4) is 0 Å². The number of sulfonamides is 1. The van der Waals surface area contributed by atoms with Gasteiger partial charge in [-0.05, 0) is 37.8 Å². The Bertz CT molecular complexity index is 512. The van der Waals surface area contributed by atoms with E-state index in [1.165, 1.54) is 0 Å². The zero-order valence-electron chi connectivity index (χ0n) is 11.9. The quantitative estimate of drug-likeness (QED) is 0.798. The summed E-state index contributed by atoms with van der Waals surface area (Å²) in [6.07, 6.45) is 0.890. The third-order valence-corrected chi connectivity index (χ3v) is 5.36. The Kier molecular flexibility index (Phi) is 6.02. The number of nitrogens with one attached hydrogen (secondary N) is 1. The van der Waals surface area contributed by atoms with Gasteiger partial charge in [0, 0.05) is 10.9 Å². The Morgan fingerprint density at radius 2 is 1.79 bits per heavy atom. The lowest BCUT2D eigenvalue weighted by atomic mass is 9.94. The van der Waals surface area contributed by atoms with Crippen molar-refractivity contribution in [1.29, 1.82) is 0 Å². The first-order chi connectivity index (χ1) is 8.79. The summed E-state index contributed by atoms with van der Waals surface area (Å²) in [6.45, 7) is 7.77. The van der Waals surface area contributed by atoms with Crippen LogP contribution in [0, 0.1) is 0 Å². The molecule has 0 radical (unpaired) electrons. The van der Waals surface area contributed by atoms with E-state index in [1.807, 2.05) is 32.9 Å². The highest BCUT2D eigenvalue weighted by atomic mass is 79.9. The molecule has 108 valence electrons. The first-order valence-electron chi connectivity index (χ1n) is 6.55. The van der Waals surface area contributed by atoms with Gasteiger partial charge in [-0.2, -0.15) is 0 Å². The maximum atomic E-state index is 12.4. The van der Waals surface area contributed by atoms with Gasteiger partial charge in [-0.1, -0.05) is 48.0 Å². The van der Waals surface area contributed by atoms with Crippen molar-refractivity contribution in [2.45, 2.75) is 55.8 Å². The topological polar surface area (TPSA) is 46.2 Å². The predicted molar refractivity (Wildman–Crippen MR) is 83.3 cm³/mol. The summed E-state index contributed by atoms with van der Waals surface area (Å²) < 4.78 is 27.4. The molecule has 2 unspecified atom stereocenters. The molecule has 0 amide bonds. The monoisotopic (exact) mass is 347 g/mol. The van der Waals surface area contributed by atoms with Crippen LogP contribution in [0.1, 0.15) is 45.6 Å². The molecule has 0 aliphatic rings. The average molecular weight is 348 g/mol. The Balaban J connectivity index is 3.30. The van der Waals surface area contributed by atoms with E-state index in [9.17, 15) is 8.42 Å². The van der Waals surface area contributed by atoms with Crippen LogP contribution in [0.3, 0.4) is 0 Å². The summed E-state index contributed by atoms with van der Waals surface area (Å²) in [4.78, 5) is 0.620. The van der Waals surface area contributed by atoms with Crippen molar-refractivity contribution in [1.82, 2.24) is 4.72 Å². The minimum Gasteiger partial charge on any atom is -0.209 e. The predicted octanol–water partition coefficient (Wildman–Crippen LogP) is 3.65. The molecule has 19 heavy (non-hydrogen) atoms. The van der Waals surface area contributed by atoms with Gasteiger partial charge in [0.25, 0.3) is 0 Å². The number of rotatable bonds is 6. The average Bonchev–Trinajstić information content (AvgIpc) is 2.28. The summed E-state index contributed by atoms with van der Waals surface area (Å²) in [6, 6.07) is 7.13. The molecule has 1 aromatic carbocycles. The second kappa shape index (κ2) is 6.86. The van der Waals surface area contributed by atoms with E-state index < -0.39 is 10.0 Å². The van der Waals surface area contributed by atoms with Gasteiger partial charge >= 0.3 is 0 Å². The summed E-state index contributed by atoms with van der Waals surface area (Å²) in [5.41, 5.74) is 0.877. The Morgan fingerprint density at radius 3 is 2.26 bits per heavy atom. The molecule has 3 nitrogen and oxygen atoms in total. The molecule has 1 rings (SSSR count). The zero-order chi connectivity index (χ0) is 14.6. The maximum Gasteiger partial charge on any atom is 0.241 e. The normalized spacial score (nSPS) is 15.5. The SMILES string of the molecule is CCC(c1ccccc1S(=O)(=O)NC(C)C)C(C)Br. The zero-order valence-corrected chi connectivity index (χ0v) is 14.3. The first-order valence-corrected chi connectivity index (χ1v) is 8.94. The van der Waals surface area contributed by atoms with Gasteiger partial charge in [-0.15, -0.1) is 0 Å². The summed E-state index contributed by atoms with van der Waals surface area (Å²) >= 11 is 3.57. The second-order valence-electron chi connectivity index (χ2n) is 5.01. The minimum absolute atomic E-state index is 0.112. The largest absolute Gasteiger partial charge is 0.241 e. The number of benzene rings is 1. The second-order valence-corrected chi connectivity index (χ2v) is 8.13. The molecular weight excluding hydrogens is 326 g/mol. The van der Waals surface area contributed by atoms with Crippen LogP contribution in [0.2, 0.25) is 0 Å². The van der Waals surface area contributed by atoms with E-state index in [2.05, 4.69) is 27.6 Å². The van der Waals surface area contributed by atoms with E-state index in [-0.39, 0.29) is 16.8 Å². The van der Waals surface area contributed by atoms with Gasteiger partial charge in [0.1, 0.15) is 0 Å². The fraction of sp³-hybridized carbons (Fsp3) is 0.571. The lowest BCUT2D eigenvalue weighted by Gasteiger charge is -2.22. The number of hydrogen-bond donors (Lipinski definition) is 1. The lowest BCUT2D eigenvalue weighted by molar-refractivity contribution is 0.564. The molecule has 0 heterocycles. The van der Waals surface area contributed by atoms with Gasteiger partial charge in [-0.3, -0.25) is 0 Å². The van der Waals surface area contributed by atoms with Gasteiger partial charge in [0.05, 0.1) is 4.90 Å². The van der Waals surface area contributed by atoms with Gasteiger partial charge in [-0.25, -0.2) is 13.1 Å². The molecule has 0 aromatic heterocycles. The Hall–Kier alpha value is -0.390. The molecule has 5 heteroatoms. The summed E-state index contributed by atoms with van der Waals surface area (Å²) in [7, 11) is -3.45. The third-order valence-electron chi connectivity index (χ3n) is 2.99. The van der Waals surface area contributed by atoms with Crippen molar-refractivity contribution >= 4 is 26.0 Å². The van der Waals surface area contributed by atoms with Crippen LogP contribution in [0.4, 0.5) is 0 Å². The van der Waals surface area contributed by atoms with Crippen molar-refractivity contribution in [3.63, 3.8) is 0 Å². The molecule has 0 saturated heterocycles. The standard InChI is InChI=1S/C14H22BrNO2S/c1-5-12(11(4)15)13-8-6-7-9-14(13)19(17,18)16-10(2)3/h6-12,16H,5H2,1-4H3. The van der Waals surface area contributed by atoms with Crippen LogP contribution in [0.25, 0.3) is 0 Å². The van der Waals surface area contributed by atoms with E-state index >= 15 is 0 Å². The molecule has 2 atom stereocenters. The number of hydrogen-bond acceptors (Lipinski definition) is 2. The van der Waals surface area contributed by atoms with Crippen molar-refractivity contribution in [3.05, 3.63) is 29.8 Å². The van der Waals surface area contributed by atoms with E-state index in [0.717, 1.165) is 12.0 Å². The summed E-state index contributed by atoms with van der Waals surface area (Å²) in [5.74, 6) is 0.180. The van der Waals surface area contributed by atoms with E-state index in [4.69, 9.17) is 0 Å². The fourth-order valence-corrected chi connectivity index (χ4v) is 4.39. The Morgan fingerprint density at radius 1 is 1.21 bits per heavy atom. The van der Waals surface area contributed by atoms with E-state index in [0.29, 0.717) is 4.90 Å². The van der Waals surface area contributed by atoms with Gasteiger partial charge in [0.2, 0.25) is 10.0 Å². The van der Waals surface area contributed by atoms with Crippen LogP contribution in [0.5, 0.6) is 0 Å². The highest BCUT2D eigenvalue weighted by Gasteiger charge is 2.25. The highest BCUT2D eigenvalue weighted by Crippen LogP contribution is 2.32. The minimum atomic E-state index is -3.45. The Labute approximate surface area is 125 Å². The van der Waals surface area contributed by atoms with Crippen molar-refractivity contribution in [2.75, 3.05) is 0 Å². The van der Waals surface area contributed by atoms with Crippen LogP contribution in [0.15, 0.2) is 29.2 Å². The first kappa shape index (κ1) is 16.7. The molecule has 1 aromatic rings. The maximum absolute atomic E-state index is 12.4. The van der Waals surface area contributed by atoms with Crippen LogP contribution in [-0.4, -0.2) is 19.3 Å². The highest BCUT2D eigenvalue weighted by molar-refractivity contribution is 9.09. The van der Waals surface area contributed by atoms with Crippen LogP contribution >= 0.6 is 15.9 Å². The van der Waals surface area contributed by atoms with Crippen LogP contribution in [-0.2, 0) is 10.0 Å². The molecular formula is C14H22BrNO2S. The molecule has 0 saturated carbocycles. The molecule has 0 aliphatic heterocycles.